The maximum absolute atomic E-state index is 10.1. The minimum atomic E-state index is -0.444. The summed E-state index contributed by atoms with van der Waals surface area (Å²) >= 11 is 0. The van der Waals surface area contributed by atoms with Crippen LogP contribution < -0.4 is 5.73 Å². The number of ether oxygens (including phenoxy) is 1. The number of nitrogen functional groups attached to an aromatic ring is 1. The molecule has 4 heteroatoms. The fraction of sp³-hybridized carbons (Fsp3) is 0.455. The van der Waals surface area contributed by atoms with Gasteiger partial charge in [0.2, 0.25) is 0 Å². The first-order chi connectivity index (χ1) is 12.3. The van der Waals surface area contributed by atoms with Crippen molar-refractivity contribution in [2.24, 2.45) is 0 Å². The topological polar surface area (TPSA) is 75.7 Å². The number of aliphatic hydroxyl groups is 2. The molecule has 0 aromatic heterocycles. The number of anilines is 1. The lowest BCUT2D eigenvalue weighted by atomic mass is 9.75. The zero-order valence-electron chi connectivity index (χ0n) is 15.8. The number of hydrogen-bond acceptors (Lipinski definition) is 4. The van der Waals surface area contributed by atoms with E-state index in [0.29, 0.717) is 12.8 Å². The Kier molecular flexibility index (Phi) is 5.37. The minimum absolute atomic E-state index is 0.0663. The van der Waals surface area contributed by atoms with Gasteiger partial charge in [0, 0.05) is 23.9 Å². The van der Waals surface area contributed by atoms with Gasteiger partial charge in [-0.05, 0) is 41.3 Å². The molecule has 26 heavy (non-hydrogen) atoms. The third-order valence-corrected chi connectivity index (χ3v) is 5.52. The van der Waals surface area contributed by atoms with Crippen LogP contribution in [-0.4, -0.2) is 29.0 Å². The van der Waals surface area contributed by atoms with E-state index in [2.05, 4.69) is 51.1 Å². The summed E-state index contributed by atoms with van der Waals surface area (Å²) in [5, 5.41) is 19.6. The van der Waals surface area contributed by atoms with Gasteiger partial charge in [-0.15, -0.1) is 0 Å². The monoisotopic (exact) mass is 355 g/mol. The van der Waals surface area contributed by atoms with Crippen LogP contribution in [0.2, 0.25) is 0 Å². The lowest BCUT2D eigenvalue weighted by Gasteiger charge is -2.34. The van der Waals surface area contributed by atoms with E-state index in [1.165, 1.54) is 16.7 Å². The Bertz CT molecular complexity index is 754. The summed E-state index contributed by atoms with van der Waals surface area (Å²) in [5.74, 6) is 0. The van der Waals surface area contributed by atoms with Crippen LogP contribution in [0.1, 0.15) is 55.0 Å². The first-order valence-corrected chi connectivity index (χ1v) is 9.22. The molecule has 1 fully saturated rings. The summed E-state index contributed by atoms with van der Waals surface area (Å²) in [5.41, 5.74) is 11.1. The summed E-state index contributed by atoms with van der Waals surface area (Å²) in [4.78, 5) is 0. The molecule has 0 spiro atoms. The number of benzene rings is 2. The zero-order valence-corrected chi connectivity index (χ0v) is 15.8. The van der Waals surface area contributed by atoms with Crippen LogP contribution in [0.25, 0.3) is 0 Å². The standard InChI is InChI=1S/C22H29NO3/c1-14-4-5-15(21-12-18(25)11-19(13-24)26-21)10-20(14)22(2,3)16-6-8-17(23)9-7-16/h4-10,18-19,21,24-25H,11-13,23H2,1-3H3. The summed E-state index contributed by atoms with van der Waals surface area (Å²) in [6.45, 7) is 6.46. The molecule has 0 amide bonds. The van der Waals surface area contributed by atoms with Crippen molar-refractivity contribution in [3.05, 3.63) is 64.7 Å². The molecule has 1 heterocycles. The predicted octanol–water partition coefficient (Wildman–Crippen LogP) is 3.48. The fourth-order valence-corrected chi connectivity index (χ4v) is 3.89. The van der Waals surface area contributed by atoms with E-state index in [4.69, 9.17) is 10.5 Å². The molecule has 2 aromatic rings. The van der Waals surface area contributed by atoms with Crippen molar-refractivity contribution < 1.29 is 14.9 Å². The highest BCUT2D eigenvalue weighted by Gasteiger charge is 2.31. The number of hydrogen-bond donors (Lipinski definition) is 3. The first kappa shape index (κ1) is 18.9. The second-order valence-corrected chi connectivity index (χ2v) is 7.88. The maximum atomic E-state index is 10.1. The quantitative estimate of drug-likeness (QED) is 0.734. The Hall–Kier alpha value is -1.88. The van der Waals surface area contributed by atoms with Gasteiger partial charge in [-0.1, -0.05) is 44.2 Å². The summed E-state index contributed by atoms with van der Waals surface area (Å²) in [7, 11) is 0. The van der Waals surface area contributed by atoms with Crippen molar-refractivity contribution in [1.29, 1.82) is 0 Å². The van der Waals surface area contributed by atoms with Gasteiger partial charge in [0.15, 0.2) is 0 Å². The molecule has 2 aromatic carbocycles. The maximum Gasteiger partial charge on any atom is 0.0854 e. The molecule has 140 valence electrons. The van der Waals surface area contributed by atoms with E-state index in [9.17, 15) is 10.2 Å². The van der Waals surface area contributed by atoms with Crippen LogP contribution in [0.4, 0.5) is 5.69 Å². The minimum Gasteiger partial charge on any atom is -0.399 e. The molecular weight excluding hydrogens is 326 g/mol. The lowest BCUT2D eigenvalue weighted by molar-refractivity contribution is -0.113. The van der Waals surface area contributed by atoms with Gasteiger partial charge >= 0.3 is 0 Å². The van der Waals surface area contributed by atoms with E-state index in [1.807, 2.05) is 12.1 Å². The number of aliphatic hydroxyl groups excluding tert-OH is 2. The van der Waals surface area contributed by atoms with Crippen LogP contribution in [-0.2, 0) is 10.2 Å². The smallest absolute Gasteiger partial charge is 0.0854 e. The highest BCUT2D eigenvalue weighted by atomic mass is 16.5. The molecule has 0 saturated carbocycles. The fourth-order valence-electron chi connectivity index (χ4n) is 3.89. The van der Waals surface area contributed by atoms with E-state index >= 15 is 0 Å². The van der Waals surface area contributed by atoms with Crippen LogP contribution in [0, 0.1) is 6.92 Å². The van der Waals surface area contributed by atoms with Crippen LogP contribution in [0.15, 0.2) is 42.5 Å². The summed E-state index contributed by atoms with van der Waals surface area (Å²) in [6, 6.07) is 14.4. The Morgan fingerprint density at radius 2 is 1.81 bits per heavy atom. The molecular formula is C22H29NO3. The molecule has 0 radical (unpaired) electrons. The molecule has 4 nitrogen and oxygen atoms in total. The van der Waals surface area contributed by atoms with Gasteiger partial charge in [0.05, 0.1) is 24.9 Å². The second-order valence-electron chi connectivity index (χ2n) is 7.88. The predicted molar refractivity (Wildman–Crippen MR) is 104 cm³/mol. The SMILES string of the molecule is Cc1ccc(C2CC(O)CC(CO)O2)cc1C(C)(C)c1ccc(N)cc1. The van der Waals surface area contributed by atoms with Crippen LogP contribution in [0.5, 0.6) is 0 Å². The Morgan fingerprint density at radius 3 is 2.46 bits per heavy atom. The average Bonchev–Trinajstić information content (AvgIpc) is 2.61. The van der Waals surface area contributed by atoms with Crippen LogP contribution in [0.3, 0.4) is 0 Å². The summed E-state index contributed by atoms with van der Waals surface area (Å²) < 4.78 is 5.99. The molecule has 3 atom stereocenters. The summed E-state index contributed by atoms with van der Waals surface area (Å²) in [6.07, 6.45) is 0.0982. The highest BCUT2D eigenvalue weighted by molar-refractivity contribution is 5.48. The van der Waals surface area contributed by atoms with Crippen molar-refractivity contribution >= 4 is 5.69 Å². The molecule has 1 aliphatic rings. The van der Waals surface area contributed by atoms with E-state index in [1.54, 1.807) is 0 Å². The Labute approximate surface area is 155 Å². The Morgan fingerprint density at radius 1 is 1.12 bits per heavy atom. The third-order valence-electron chi connectivity index (χ3n) is 5.52. The zero-order chi connectivity index (χ0) is 18.9. The third kappa shape index (κ3) is 3.78. The van der Waals surface area contributed by atoms with E-state index in [0.717, 1.165) is 11.3 Å². The molecule has 0 aliphatic carbocycles. The Balaban J connectivity index is 1.96. The van der Waals surface area contributed by atoms with Crippen molar-refractivity contribution in [2.45, 2.75) is 57.3 Å². The van der Waals surface area contributed by atoms with Gasteiger partial charge in [0.1, 0.15) is 0 Å². The lowest BCUT2D eigenvalue weighted by Crippen LogP contribution is -2.33. The largest absolute Gasteiger partial charge is 0.399 e. The molecule has 1 aliphatic heterocycles. The van der Waals surface area contributed by atoms with Crippen LogP contribution >= 0.6 is 0 Å². The normalized spacial score (nSPS) is 23.8. The van der Waals surface area contributed by atoms with Crippen molar-refractivity contribution in [2.75, 3.05) is 12.3 Å². The molecule has 3 unspecified atom stereocenters. The number of rotatable bonds is 4. The molecule has 1 saturated heterocycles. The van der Waals surface area contributed by atoms with Gasteiger partial charge in [0.25, 0.3) is 0 Å². The van der Waals surface area contributed by atoms with Gasteiger partial charge < -0.3 is 20.7 Å². The van der Waals surface area contributed by atoms with Crippen molar-refractivity contribution in [1.82, 2.24) is 0 Å². The highest BCUT2D eigenvalue weighted by Crippen LogP contribution is 2.38. The molecule has 4 N–H and O–H groups in total. The average molecular weight is 355 g/mol. The van der Waals surface area contributed by atoms with Crippen molar-refractivity contribution in [3.63, 3.8) is 0 Å². The second kappa shape index (κ2) is 7.39. The molecule has 3 rings (SSSR count). The van der Waals surface area contributed by atoms with Gasteiger partial charge in [-0.3, -0.25) is 0 Å². The van der Waals surface area contributed by atoms with E-state index in [-0.39, 0.29) is 24.2 Å². The van der Waals surface area contributed by atoms with E-state index < -0.39 is 6.10 Å². The van der Waals surface area contributed by atoms with Crippen molar-refractivity contribution in [3.8, 4) is 0 Å². The first-order valence-electron chi connectivity index (χ1n) is 9.22. The number of aryl methyl sites for hydroxylation is 1. The molecule has 0 bridgehead atoms. The number of nitrogens with two attached hydrogens (primary N) is 1. The van der Waals surface area contributed by atoms with Gasteiger partial charge in [-0.2, -0.15) is 0 Å². The van der Waals surface area contributed by atoms with Gasteiger partial charge in [-0.25, -0.2) is 0 Å².